The molecule has 7 nitrogen and oxygen atoms in total. The fourth-order valence-corrected chi connectivity index (χ4v) is 4.32. The maximum atomic E-state index is 4.50. The largest absolute Gasteiger partial charge is 0.368 e. The zero-order valence-electron chi connectivity index (χ0n) is 19.1. The van der Waals surface area contributed by atoms with E-state index in [-0.39, 0.29) is 24.0 Å². The Labute approximate surface area is 208 Å². The van der Waals surface area contributed by atoms with E-state index in [1.165, 1.54) is 5.69 Å². The average Bonchev–Trinajstić information content (AvgIpc) is 3.15. The molecular formula is C22H36IN7S. The Morgan fingerprint density at radius 3 is 2.45 bits per heavy atom. The van der Waals surface area contributed by atoms with Crippen molar-refractivity contribution >= 4 is 47.4 Å². The molecule has 0 amide bonds. The van der Waals surface area contributed by atoms with E-state index >= 15 is 0 Å². The summed E-state index contributed by atoms with van der Waals surface area (Å²) >= 11 is 1.67. The van der Waals surface area contributed by atoms with Crippen LogP contribution in [0.5, 0.6) is 0 Å². The van der Waals surface area contributed by atoms with Gasteiger partial charge in [-0.25, -0.2) is 0 Å². The van der Waals surface area contributed by atoms with Crippen LogP contribution < -0.4 is 10.2 Å². The molecule has 1 aliphatic heterocycles. The van der Waals surface area contributed by atoms with Gasteiger partial charge in [-0.05, 0) is 30.7 Å². The van der Waals surface area contributed by atoms with Gasteiger partial charge in [0.15, 0.2) is 11.1 Å². The van der Waals surface area contributed by atoms with Crippen molar-refractivity contribution in [3.05, 3.63) is 36.2 Å². The van der Waals surface area contributed by atoms with Gasteiger partial charge in [0.2, 0.25) is 0 Å². The molecule has 0 aliphatic carbocycles. The standard InChI is InChI=1S/C22H35N7S.HI/c1-18(2)17-29-20(25-26-22(29)30-4)11-8-12-24-21(23-3)28-15-13-27(14-16-28)19-9-6-5-7-10-19;/h5-7,9-10,18H,8,11-17H2,1-4H3,(H,23,24);1H. The summed E-state index contributed by atoms with van der Waals surface area (Å²) < 4.78 is 2.27. The molecule has 1 aliphatic rings. The number of para-hydroxylation sites is 1. The molecule has 0 atom stereocenters. The van der Waals surface area contributed by atoms with E-state index in [2.05, 4.69) is 85.3 Å². The number of hydrogen-bond donors (Lipinski definition) is 1. The maximum Gasteiger partial charge on any atom is 0.193 e. The minimum Gasteiger partial charge on any atom is -0.368 e. The van der Waals surface area contributed by atoms with Crippen LogP contribution in [-0.4, -0.2) is 71.7 Å². The maximum absolute atomic E-state index is 4.50. The highest BCUT2D eigenvalue weighted by Crippen LogP contribution is 2.17. The van der Waals surface area contributed by atoms with Crippen molar-refractivity contribution in [1.29, 1.82) is 0 Å². The van der Waals surface area contributed by atoms with Gasteiger partial charge in [0.1, 0.15) is 5.82 Å². The Balaban J connectivity index is 0.00000341. The summed E-state index contributed by atoms with van der Waals surface area (Å²) in [6, 6.07) is 10.6. The first-order chi connectivity index (χ1) is 14.6. The smallest absolute Gasteiger partial charge is 0.193 e. The summed E-state index contributed by atoms with van der Waals surface area (Å²) in [5.41, 5.74) is 1.30. The monoisotopic (exact) mass is 557 g/mol. The van der Waals surface area contributed by atoms with E-state index < -0.39 is 0 Å². The number of thioether (sulfide) groups is 1. The molecule has 1 N–H and O–H groups in total. The van der Waals surface area contributed by atoms with Gasteiger partial charge in [0.05, 0.1) is 0 Å². The van der Waals surface area contributed by atoms with E-state index in [0.29, 0.717) is 5.92 Å². The predicted octanol–water partition coefficient (Wildman–Crippen LogP) is 3.60. The third-order valence-corrected chi connectivity index (χ3v) is 5.96. The lowest BCUT2D eigenvalue weighted by molar-refractivity contribution is 0.372. The average molecular weight is 558 g/mol. The zero-order valence-corrected chi connectivity index (χ0v) is 22.3. The first-order valence-electron chi connectivity index (χ1n) is 10.8. The molecule has 9 heteroatoms. The Kier molecular flexibility index (Phi) is 10.9. The number of halogens is 1. The summed E-state index contributed by atoms with van der Waals surface area (Å²) in [7, 11) is 1.87. The Morgan fingerprint density at radius 1 is 1.13 bits per heavy atom. The van der Waals surface area contributed by atoms with E-state index in [1.54, 1.807) is 11.8 Å². The number of benzene rings is 1. The van der Waals surface area contributed by atoms with Gasteiger partial charge in [-0.2, -0.15) is 0 Å². The van der Waals surface area contributed by atoms with Gasteiger partial charge in [0.25, 0.3) is 0 Å². The fraction of sp³-hybridized carbons (Fsp3) is 0.591. The van der Waals surface area contributed by atoms with E-state index in [4.69, 9.17) is 0 Å². The Bertz CT molecular complexity index is 801. The SMILES string of the molecule is CN=C(NCCCc1nnc(SC)n1CC(C)C)N1CCN(c2ccccc2)CC1.I. The molecule has 0 unspecified atom stereocenters. The van der Waals surface area contributed by atoms with Gasteiger partial charge in [-0.1, -0.05) is 43.8 Å². The van der Waals surface area contributed by atoms with Crippen LogP contribution >= 0.6 is 35.7 Å². The molecule has 0 bridgehead atoms. The lowest BCUT2D eigenvalue weighted by atomic mass is 10.2. The molecule has 0 radical (unpaired) electrons. The van der Waals surface area contributed by atoms with E-state index in [0.717, 1.165) is 69.1 Å². The van der Waals surface area contributed by atoms with Gasteiger partial charge < -0.3 is 19.7 Å². The second-order valence-corrected chi connectivity index (χ2v) is 8.77. The van der Waals surface area contributed by atoms with Crippen LogP contribution in [-0.2, 0) is 13.0 Å². The summed E-state index contributed by atoms with van der Waals surface area (Å²) in [5, 5.41) is 13.3. The quantitative estimate of drug-likeness (QED) is 0.176. The van der Waals surface area contributed by atoms with Crippen molar-refractivity contribution in [2.24, 2.45) is 10.9 Å². The number of nitrogens with zero attached hydrogens (tertiary/aromatic N) is 6. The van der Waals surface area contributed by atoms with Gasteiger partial charge in [-0.3, -0.25) is 4.99 Å². The van der Waals surface area contributed by atoms with Crippen LogP contribution in [0.1, 0.15) is 26.1 Å². The first-order valence-corrected chi connectivity index (χ1v) is 12.1. The summed E-state index contributed by atoms with van der Waals surface area (Å²) in [4.78, 5) is 9.30. The normalized spacial score (nSPS) is 14.7. The van der Waals surface area contributed by atoms with E-state index in [9.17, 15) is 0 Å². The lowest BCUT2D eigenvalue weighted by Crippen LogP contribution is -2.52. The minimum absolute atomic E-state index is 0. The number of guanidine groups is 1. The number of hydrogen-bond acceptors (Lipinski definition) is 5. The topological polar surface area (TPSA) is 61.6 Å². The molecule has 3 rings (SSSR count). The molecule has 2 heterocycles. The molecule has 31 heavy (non-hydrogen) atoms. The predicted molar refractivity (Wildman–Crippen MR) is 142 cm³/mol. The molecule has 1 aromatic carbocycles. The van der Waals surface area contributed by atoms with Crippen molar-refractivity contribution < 1.29 is 0 Å². The molecule has 1 aromatic heterocycles. The Morgan fingerprint density at radius 2 is 1.84 bits per heavy atom. The van der Waals surface area contributed by atoms with Crippen LogP contribution in [0.3, 0.4) is 0 Å². The van der Waals surface area contributed by atoms with Crippen LogP contribution in [0.25, 0.3) is 0 Å². The third-order valence-electron chi connectivity index (χ3n) is 5.30. The lowest BCUT2D eigenvalue weighted by Gasteiger charge is -2.37. The van der Waals surface area contributed by atoms with Crippen LogP contribution in [0.4, 0.5) is 5.69 Å². The number of rotatable bonds is 8. The van der Waals surface area contributed by atoms with Gasteiger partial charge >= 0.3 is 0 Å². The van der Waals surface area contributed by atoms with Gasteiger partial charge in [-0.15, -0.1) is 34.2 Å². The number of piperazine rings is 1. The molecule has 0 saturated carbocycles. The molecule has 1 saturated heterocycles. The number of aromatic nitrogens is 3. The highest BCUT2D eigenvalue weighted by molar-refractivity contribution is 14.0. The second kappa shape index (κ2) is 13.1. The highest BCUT2D eigenvalue weighted by Gasteiger charge is 2.19. The molecule has 1 fully saturated rings. The minimum atomic E-state index is 0. The number of aliphatic imine (C=N–C) groups is 1. The Hall–Kier alpha value is -1.49. The summed E-state index contributed by atoms with van der Waals surface area (Å²) in [6.07, 6.45) is 3.99. The number of nitrogens with one attached hydrogen (secondary N) is 1. The van der Waals surface area contributed by atoms with Crippen molar-refractivity contribution in [2.75, 3.05) is 50.9 Å². The van der Waals surface area contributed by atoms with Gasteiger partial charge in [0, 0.05) is 58.4 Å². The molecule has 172 valence electrons. The highest BCUT2D eigenvalue weighted by atomic mass is 127. The zero-order chi connectivity index (χ0) is 21.3. The van der Waals surface area contributed by atoms with Crippen molar-refractivity contribution in [2.45, 2.75) is 38.4 Å². The van der Waals surface area contributed by atoms with E-state index in [1.807, 2.05) is 7.05 Å². The molecular weight excluding hydrogens is 521 g/mol. The fourth-order valence-electron chi connectivity index (χ4n) is 3.80. The second-order valence-electron chi connectivity index (χ2n) is 7.99. The molecule has 0 spiro atoms. The van der Waals surface area contributed by atoms with Crippen LogP contribution in [0.15, 0.2) is 40.5 Å². The van der Waals surface area contributed by atoms with Crippen molar-refractivity contribution in [3.63, 3.8) is 0 Å². The van der Waals surface area contributed by atoms with Crippen molar-refractivity contribution in [1.82, 2.24) is 25.0 Å². The van der Waals surface area contributed by atoms with Crippen LogP contribution in [0, 0.1) is 5.92 Å². The summed E-state index contributed by atoms with van der Waals surface area (Å²) in [5.74, 6) is 2.66. The van der Waals surface area contributed by atoms with Crippen LogP contribution in [0.2, 0.25) is 0 Å². The number of anilines is 1. The first kappa shape index (κ1) is 25.8. The third kappa shape index (κ3) is 7.27. The van der Waals surface area contributed by atoms with Crippen molar-refractivity contribution in [3.8, 4) is 0 Å². The molecule has 2 aromatic rings. The number of aryl methyl sites for hydroxylation is 1. The summed E-state index contributed by atoms with van der Waals surface area (Å²) in [6.45, 7) is 10.3.